The number of carbonyl (C=O) groups excluding carboxylic acids is 2. The number of esters is 1. The third-order valence-electron chi connectivity index (χ3n) is 4.31. The number of rotatable bonds is 4. The molecule has 1 amide bonds. The number of carbonyl (C=O) groups is 2. The Morgan fingerprint density at radius 3 is 2.75 bits per heavy atom. The Bertz CT molecular complexity index is 1060. The standard InChI is InChI=1S/C21H16ClNO4S/c1-12(20(24)23-16-8-4-3-7-15(16)22)27-21(25)18-10-13-11-26-17-9-5-2-6-14(17)19(13)28-18/h2-10,12H,11H2,1H3,(H,23,24)/t12-/m0/s1. The number of amides is 1. The van der Waals surface area contributed by atoms with Crippen molar-refractivity contribution in [1.29, 1.82) is 0 Å². The molecule has 28 heavy (non-hydrogen) atoms. The highest BCUT2D eigenvalue weighted by atomic mass is 35.5. The quantitative estimate of drug-likeness (QED) is 0.601. The van der Waals surface area contributed by atoms with Gasteiger partial charge in [-0.2, -0.15) is 0 Å². The van der Waals surface area contributed by atoms with Crippen LogP contribution in [0.5, 0.6) is 5.75 Å². The molecular formula is C21H16ClNO4S. The van der Waals surface area contributed by atoms with E-state index in [1.165, 1.54) is 18.3 Å². The maximum atomic E-state index is 12.6. The normalized spacial score (nSPS) is 12.9. The largest absolute Gasteiger partial charge is 0.488 e. The molecule has 0 fully saturated rings. The monoisotopic (exact) mass is 413 g/mol. The lowest BCUT2D eigenvalue weighted by molar-refractivity contribution is -0.123. The Morgan fingerprint density at radius 1 is 1.18 bits per heavy atom. The zero-order valence-electron chi connectivity index (χ0n) is 14.9. The SMILES string of the molecule is C[C@H](OC(=O)c1cc2c(s1)-c1ccccc1OC2)C(=O)Nc1ccccc1Cl. The van der Waals surface area contributed by atoms with E-state index in [0.717, 1.165) is 21.8 Å². The lowest BCUT2D eigenvalue weighted by atomic mass is 10.1. The van der Waals surface area contributed by atoms with Crippen molar-refractivity contribution in [2.45, 2.75) is 19.6 Å². The van der Waals surface area contributed by atoms with Crippen LogP contribution in [-0.4, -0.2) is 18.0 Å². The number of benzene rings is 2. The van der Waals surface area contributed by atoms with E-state index in [4.69, 9.17) is 21.1 Å². The fourth-order valence-corrected chi connectivity index (χ4v) is 4.13. The molecule has 4 rings (SSSR count). The average Bonchev–Trinajstić information content (AvgIpc) is 3.14. The number of halogens is 1. The third-order valence-corrected chi connectivity index (χ3v) is 5.83. The zero-order chi connectivity index (χ0) is 19.7. The summed E-state index contributed by atoms with van der Waals surface area (Å²) in [6, 6.07) is 16.3. The summed E-state index contributed by atoms with van der Waals surface area (Å²) in [5, 5.41) is 3.08. The van der Waals surface area contributed by atoms with Gasteiger partial charge >= 0.3 is 5.97 Å². The minimum atomic E-state index is -0.966. The topological polar surface area (TPSA) is 64.6 Å². The number of hydrogen-bond acceptors (Lipinski definition) is 5. The van der Waals surface area contributed by atoms with E-state index in [1.54, 1.807) is 30.3 Å². The third kappa shape index (κ3) is 3.61. The summed E-state index contributed by atoms with van der Waals surface area (Å²) >= 11 is 7.38. The molecule has 0 saturated carbocycles. The molecule has 0 aliphatic carbocycles. The van der Waals surface area contributed by atoms with Crippen LogP contribution in [0.25, 0.3) is 10.4 Å². The molecule has 0 bridgehead atoms. The lowest BCUT2D eigenvalue weighted by Gasteiger charge is -2.16. The van der Waals surface area contributed by atoms with E-state index in [9.17, 15) is 9.59 Å². The van der Waals surface area contributed by atoms with E-state index in [1.807, 2.05) is 24.3 Å². The second-order valence-corrected chi connectivity index (χ2v) is 7.73. The van der Waals surface area contributed by atoms with Crippen molar-refractivity contribution in [2.75, 3.05) is 5.32 Å². The van der Waals surface area contributed by atoms with E-state index in [0.29, 0.717) is 22.2 Å². The van der Waals surface area contributed by atoms with Gasteiger partial charge in [0.25, 0.3) is 5.91 Å². The number of hydrogen-bond donors (Lipinski definition) is 1. The first kappa shape index (κ1) is 18.5. The van der Waals surface area contributed by atoms with Gasteiger partial charge in [-0.3, -0.25) is 4.79 Å². The van der Waals surface area contributed by atoms with Crippen molar-refractivity contribution in [2.24, 2.45) is 0 Å². The molecule has 1 aliphatic heterocycles. The first-order chi connectivity index (χ1) is 13.5. The van der Waals surface area contributed by atoms with Crippen LogP contribution >= 0.6 is 22.9 Å². The minimum Gasteiger partial charge on any atom is -0.488 e. The maximum absolute atomic E-state index is 12.6. The highest BCUT2D eigenvalue weighted by molar-refractivity contribution is 7.17. The van der Waals surface area contributed by atoms with E-state index >= 15 is 0 Å². The molecule has 142 valence electrons. The summed E-state index contributed by atoms with van der Waals surface area (Å²) in [4.78, 5) is 26.3. The fraction of sp³-hybridized carbons (Fsp3) is 0.143. The summed E-state index contributed by atoms with van der Waals surface area (Å²) in [5.74, 6) is -0.195. The van der Waals surface area contributed by atoms with Crippen LogP contribution in [-0.2, 0) is 16.1 Å². The molecule has 1 aliphatic rings. The number of thiophene rings is 1. The second-order valence-electron chi connectivity index (χ2n) is 6.27. The Morgan fingerprint density at radius 2 is 1.93 bits per heavy atom. The maximum Gasteiger partial charge on any atom is 0.349 e. The summed E-state index contributed by atoms with van der Waals surface area (Å²) in [5.41, 5.74) is 2.36. The molecule has 1 aromatic heterocycles. The molecule has 1 atom stereocenters. The number of nitrogens with one attached hydrogen (secondary N) is 1. The molecule has 3 aromatic rings. The van der Waals surface area contributed by atoms with Gasteiger partial charge in [-0.05, 0) is 37.3 Å². The van der Waals surface area contributed by atoms with Gasteiger partial charge in [0.15, 0.2) is 6.10 Å². The van der Waals surface area contributed by atoms with Gasteiger partial charge in [-0.25, -0.2) is 4.79 Å². The molecular weight excluding hydrogens is 398 g/mol. The predicted octanol–water partition coefficient (Wildman–Crippen LogP) is 5.14. The van der Waals surface area contributed by atoms with Crippen molar-refractivity contribution in [1.82, 2.24) is 0 Å². The number of ether oxygens (including phenoxy) is 2. The zero-order valence-corrected chi connectivity index (χ0v) is 16.5. The molecule has 5 nitrogen and oxygen atoms in total. The molecule has 0 unspecified atom stereocenters. The highest BCUT2D eigenvalue weighted by Crippen LogP contribution is 2.42. The van der Waals surface area contributed by atoms with Crippen LogP contribution in [0.2, 0.25) is 5.02 Å². The molecule has 2 heterocycles. The molecule has 0 saturated heterocycles. The van der Waals surface area contributed by atoms with Crippen LogP contribution < -0.4 is 10.1 Å². The summed E-state index contributed by atoms with van der Waals surface area (Å²) in [6.45, 7) is 1.93. The van der Waals surface area contributed by atoms with Crippen molar-refractivity contribution in [3.8, 4) is 16.2 Å². The Hall–Kier alpha value is -2.83. The number of para-hydroxylation sites is 2. The van der Waals surface area contributed by atoms with Crippen molar-refractivity contribution in [3.05, 3.63) is 70.1 Å². The Kier molecular flexibility index (Phi) is 5.07. The van der Waals surface area contributed by atoms with Crippen LogP contribution in [0.1, 0.15) is 22.2 Å². The van der Waals surface area contributed by atoms with E-state index in [-0.39, 0.29) is 0 Å². The first-order valence-corrected chi connectivity index (χ1v) is 9.83. The number of anilines is 1. The van der Waals surface area contributed by atoms with Gasteiger partial charge in [0.2, 0.25) is 0 Å². The smallest absolute Gasteiger partial charge is 0.349 e. The van der Waals surface area contributed by atoms with E-state index < -0.39 is 18.0 Å². The Labute approximate surface area is 170 Å². The second kappa shape index (κ2) is 7.66. The lowest BCUT2D eigenvalue weighted by Crippen LogP contribution is -2.29. The fourth-order valence-electron chi connectivity index (χ4n) is 2.87. The van der Waals surface area contributed by atoms with Gasteiger partial charge in [0.05, 0.1) is 10.7 Å². The van der Waals surface area contributed by atoms with Crippen molar-refractivity contribution < 1.29 is 19.1 Å². The Balaban J connectivity index is 1.47. The van der Waals surface area contributed by atoms with Gasteiger partial charge in [0, 0.05) is 16.0 Å². The molecule has 2 aromatic carbocycles. The first-order valence-electron chi connectivity index (χ1n) is 8.64. The molecule has 7 heteroatoms. The van der Waals surface area contributed by atoms with Gasteiger partial charge in [-0.1, -0.05) is 35.9 Å². The van der Waals surface area contributed by atoms with Crippen LogP contribution in [0, 0.1) is 0 Å². The molecule has 1 N–H and O–H groups in total. The summed E-state index contributed by atoms with van der Waals surface area (Å²) < 4.78 is 11.1. The summed E-state index contributed by atoms with van der Waals surface area (Å²) in [7, 11) is 0. The molecule has 0 radical (unpaired) electrons. The van der Waals surface area contributed by atoms with Gasteiger partial charge in [0.1, 0.15) is 17.2 Å². The van der Waals surface area contributed by atoms with Gasteiger partial charge in [-0.15, -0.1) is 11.3 Å². The van der Waals surface area contributed by atoms with Crippen LogP contribution in [0.3, 0.4) is 0 Å². The summed E-state index contributed by atoms with van der Waals surface area (Å²) in [6.07, 6.45) is -0.966. The van der Waals surface area contributed by atoms with Crippen LogP contribution in [0.4, 0.5) is 5.69 Å². The minimum absolute atomic E-state index is 0.401. The van der Waals surface area contributed by atoms with Crippen molar-refractivity contribution >= 4 is 40.5 Å². The van der Waals surface area contributed by atoms with Crippen LogP contribution in [0.15, 0.2) is 54.6 Å². The predicted molar refractivity (Wildman–Crippen MR) is 109 cm³/mol. The van der Waals surface area contributed by atoms with Gasteiger partial charge < -0.3 is 14.8 Å². The average molecular weight is 414 g/mol. The van der Waals surface area contributed by atoms with Crippen molar-refractivity contribution in [3.63, 3.8) is 0 Å². The van der Waals surface area contributed by atoms with E-state index in [2.05, 4.69) is 5.32 Å². The molecule has 0 spiro atoms. The number of fused-ring (bicyclic) bond motifs is 3. The highest BCUT2D eigenvalue weighted by Gasteiger charge is 2.25.